The fourth-order valence-corrected chi connectivity index (χ4v) is 3.42. The lowest BCUT2D eigenvalue weighted by Gasteiger charge is -2.11. The molecule has 126 valence electrons. The van der Waals surface area contributed by atoms with Crippen LogP contribution >= 0.6 is 11.8 Å². The molecule has 1 amide bonds. The van der Waals surface area contributed by atoms with Crippen molar-refractivity contribution in [2.45, 2.75) is 17.1 Å². The number of hydrogen-bond acceptors (Lipinski definition) is 2. The Morgan fingerprint density at radius 1 is 0.880 bits per heavy atom. The lowest BCUT2D eigenvalue weighted by Crippen LogP contribution is -2.15. The quantitative estimate of drug-likeness (QED) is 0.611. The molecule has 2 nitrogen and oxygen atoms in total. The molecule has 0 atom stereocenters. The third kappa shape index (κ3) is 5.19. The first kappa shape index (κ1) is 17.2. The zero-order chi connectivity index (χ0) is 17.5. The molecule has 0 fully saturated rings. The number of carbonyl (C=O) groups is 1. The molecule has 3 aromatic rings. The monoisotopic (exact) mass is 351 g/mol. The Kier molecular flexibility index (Phi) is 5.86. The molecule has 4 heteroatoms. The number of benzene rings is 3. The summed E-state index contributed by atoms with van der Waals surface area (Å²) in [6.07, 6.45) is 0.148. The van der Waals surface area contributed by atoms with Crippen LogP contribution in [-0.4, -0.2) is 5.91 Å². The number of thioether (sulfide) groups is 1. The second-order valence-electron chi connectivity index (χ2n) is 5.63. The lowest BCUT2D eigenvalue weighted by molar-refractivity contribution is -0.115. The van der Waals surface area contributed by atoms with Crippen molar-refractivity contribution in [1.82, 2.24) is 0 Å². The van der Waals surface area contributed by atoms with Crippen molar-refractivity contribution in [3.8, 4) is 0 Å². The van der Waals surface area contributed by atoms with Gasteiger partial charge in [0, 0.05) is 10.6 Å². The molecule has 0 unspecified atom stereocenters. The zero-order valence-corrected chi connectivity index (χ0v) is 14.4. The van der Waals surface area contributed by atoms with Crippen molar-refractivity contribution in [3.05, 3.63) is 95.8 Å². The standard InChI is InChI=1S/C21H18FNOS/c22-18-10-6-9-17(13-18)14-21(24)23-19-11-4-5-12-20(19)25-15-16-7-2-1-3-8-16/h1-13H,14-15H2,(H,23,24). The van der Waals surface area contributed by atoms with Crippen molar-refractivity contribution < 1.29 is 9.18 Å². The summed E-state index contributed by atoms with van der Waals surface area (Å²) in [7, 11) is 0. The van der Waals surface area contributed by atoms with Crippen LogP contribution in [0.15, 0.2) is 83.8 Å². The third-order valence-corrected chi connectivity index (χ3v) is 4.80. The van der Waals surface area contributed by atoms with E-state index in [-0.39, 0.29) is 18.1 Å². The van der Waals surface area contributed by atoms with E-state index < -0.39 is 0 Å². The Balaban J connectivity index is 1.65. The first-order chi connectivity index (χ1) is 12.2. The van der Waals surface area contributed by atoms with Crippen LogP contribution in [0.2, 0.25) is 0 Å². The van der Waals surface area contributed by atoms with Gasteiger partial charge in [-0.2, -0.15) is 0 Å². The van der Waals surface area contributed by atoms with Crippen LogP contribution in [0.4, 0.5) is 10.1 Å². The van der Waals surface area contributed by atoms with Crippen LogP contribution in [0.5, 0.6) is 0 Å². The normalized spacial score (nSPS) is 10.4. The van der Waals surface area contributed by atoms with E-state index in [9.17, 15) is 9.18 Å². The van der Waals surface area contributed by atoms with Gasteiger partial charge in [-0.1, -0.05) is 54.6 Å². The number of carbonyl (C=O) groups excluding carboxylic acids is 1. The van der Waals surface area contributed by atoms with Crippen LogP contribution in [0, 0.1) is 5.82 Å². The van der Waals surface area contributed by atoms with Crippen molar-refractivity contribution in [2.75, 3.05) is 5.32 Å². The summed E-state index contributed by atoms with van der Waals surface area (Å²) in [5, 5.41) is 2.93. The first-order valence-electron chi connectivity index (χ1n) is 8.01. The average molecular weight is 351 g/mol. The highest BCUT2D eigenvalue weighted by Gasteiger charge is 2.09. The molecule has 0 aliphatic heterocycles. The smallest absolute Gasteiger partial charge is 0.228 e. The minimum atomic E-state index is -0.330. The van der Waals surface area contributed by atoms with Gasteiger partial charge >= 0.3 is 0 Å². The zero-order valence-electron chi connectivity index (χ0n) is 13.6. The molecule has 0 aromatic heterocycles. The number of rotatable bonds is 6. The van der Waals surface area contributed by atoms with E-state index in [1.807, 2.05) is 42.5 Å². The average Bonchev–Trinajstić information content (AvgIpc) is 2.62. The summed E-state index contributed by atoms with van der Waals surface area (Å²) in [5.74, 6) is 0.347. The van der Waals surface area contributed by atoms with E-state index >= 15 is 0 Å². The van der Waals surface area contributed by atoms with Crippen molar-refractivity contribution >= 4 is 23.4 Å². The minimum Gasteiger partial charge on any atom is -0.325 e. The summed E-state index contributed by atoms with van der Waals surface area (Å²) < 4.78 is 13.2. The SMILES string of the molecule is O=C(Cc1cccc(F)c1)Nc1ccccc1SCc1ccccc1. The van der Waals surface area contributed by atoms with Gasteiger partial charge in [-0.05, 0) is 35.4 Å². The molecule has 0 spiro atoms. The number of anilines is 1. The lowest BCUT2D eigenvalue weighted by atomic mass is 10.1. The highest BCUT2D eigenvalue weighted by molar-refractivity contribution is 7.98. The summed E-state index contributed by atoms with van der Waals surface area (Å²) in [6, 6.07) is 24.0. The van der Waals surface area contributed by atoms with Gasteiger partial charge in [0.05, 0.1) is 12.1 Å². The summed E-state index contributed by atoms with van der Waals surface area (Å²) >= 11 is 1.68. The fourth-order valence-electron chi connectivity index (χ4n) is 2.46. The summed E-state index contributed by atoms with van der Waals surface area (Å²) in [6.45, 7) is 0. The molecule has 0 saturated heterocycles. The molecule has 0 saturated carbocycles. The third-order valence-electron chi connectivity index (χ3n) is 3.65. The molecule has 0 aliphatic carbocycles. The second-order valence-corrected chi connectivity index (χ2v) is 6.64. The molecule has 1 N–H and O–H groups in total. The predicted octanol–water partition coefficient (Wildman–Crippen LogP) is 5.30. The molecule has 0 radical (unpaired) electrons. The fraction of sp³-hybridized carbons (Fsp3) is 0.0952. The van der Waals surface area contributed by atoms with Crippen molar-refractivity contribution in [2.24, 2.45) is 0 Å². The van der Waals surface area contributed by atoms with E-state index in [1.54, 1.807) is 23.9 Å². The van der Waals surface area contributed by atoms with E-state index in [4.69, 9.17) is 0 Å². The maximum absolute atomic E-state index is 13.2. The molecule has 0 heterocycles. The van der Waals surface area contributed by atoms with Crippen molar-refractivity contribution in [3.63, 3.8) is 0 Å². The van der Waals surface area contributed by atoms with E-state index in [1.165, 1.54) is 17.7 Å². The predicted molar refractivity (Wildman–Crippen MR) is 101 cm³/mol. The number of halogens is 1. The Bertz CT molecular complexity index is 851. The van der Waals surface area contributed by atoms with E-state index in [0.29, 0.717) is 5.56 Å². The Morgan fingerprint density at radius 2 is 1.60 bits per heavy atom. The van der Waals surface area contributed by atoms with Gasteiger partial charge in [0.15, 0.2) is 0 Å². The maximum atomic E-state index is 13.2. The largest absolute Gasteiger partial charge is 0.325 e. The van der Waals surface area contributed by atoms with Gasteiger partial charge in [-0.25, -0.2) is 4.39 Å². The molecule has 25 heavy (non-hydrogen) atoms. The molecule has 0 bridgehead atoms. The molecule has 3 rings (SSSR count). The number of para-hydroxylation sites is 1. The summed E-state index contributed by atoms with van der Waals surface area (Å²) in [5.41, 5.74) is 2.67. The molecule has 3 aromatic carbocycles. The maximum Gasteiger partial charge on any atom is 0.228 e. The van der Waals surface area contributed by atoms with Crippen LogP contribution < -0.4 is 5.32 Å². The highest BCUT2D eigenvalue weighted by atomic mass is 32.2. The molecule has 0 aliphatic rings. The van der Waals surface area contributed by atoms with Crippen LogP contribution in [0.3, 0.4) is 0 Å². The van der Waals surface area contributed by atoms with Gasteiger partial charge in [0.1, 0.15) is 5.82 Å². The van der Waals surface area contributed by atoms with Gasteiger partial charge in [0.2, 0.25) is 5.91 Å². The van der Waals surface area contributed by atoms with Gasteiger partial charge in [0.25, 0.3) is 0 Å². The molecular weight excluding hydrogens is 333 g/mol. The van der Waals surface area contributed by atoms with E-state index in [2.05, 4.69) is 17.4 Å². The number of hydrogen-bond donors (Lipinski definition) is 1. The Hall–Kier alpha value is -2.59. The highest BCUT2D eigenvalue weighted by Crippen LogP contribution is 2.29. The van der Waals surface area contributed by atoms with E-state index in [0.717, 1.165) is 16.3 Å². The van der Waals surface area contributed by atoms with Gasteiger partial charge in [-0.3, -0.25) is 4.79 Å². The first-order valence-corrected chi connectivity index (χ1v) is 8.99. The minimum absolute atomic E-state index is 0.148. The van der Waals surface area contributed by atoms with Crippen molar-refractivity contribution in [1.29, 1.82) is 0 Å². The second kappa shape index (κ2) is 8.49. The Morgan fingerprint density at radius 3 is 2.40 bits per heavy atom. The summed E-state index contributed by atoms with van der Waals surface area (Å²) in [4.78, 5) is 13.3. The van der Waals surface area contributed by atoms with Gasteiger partial charge in [-0.15, -0.1) is 11.8 Å². The van der Waals surface area contributed by atoms with Crippen LogP contribution in [-0.2, 0) is 17.0 Å². The number of amides is 1. The topological polar surface area (TPSA) is 29.1 Å². The van der Waals surface area contributed by atoms with Crippen LogP contribution in [0.1, 0.15) is 11.1 Å². The van der Waals surface area contributed by atoms with Crippen LogP contribution in [0.25, 0.3) is 0 Å². The van der Waals surface area contributed by atoms with Gasteiger partial charge < -0.3 is 5.32 Å². The molecular formula is C21H18FNOS. The Labute approximate surface area is 151 Å². The number of nitrogens with one attached hydrogen (secondary N) is 1.